The Hall–Kier alpha value is -0.580. The van der Waals surface area contributed by atoms with E-state index in [0.29, 0.717) is 12.3 Å². The van der Waals surface area contributed by atoms with Crippen LogP contribution in [0.3, 0.4) is 0 Å². The molecule has 0 bridgehead atoms. The first kappa shape index (κ1) is 18.5. The van der Waals surface area contributed by atoms with E-state index in [1.165, 1.54) is 5.56 Å². The van der Waals surface area contributed by atoms with Gasteiger partial charge in [-0.15, -0.1) is 12.4 Å². The number of carbonyl (C=O) groups excluding carboxylic acids is 1. The van der Waals surface area contributed by atoms with Crippen molar-refractivity contribution in [2.24, 2.45) is 11.7 Å². The molecule has 21 heavy (non-hydrogen) atoms. The zero-order valence-corrected chi connectivity index (χ0v) is 14.8. The Morgan fingerprint density at radius 3 is 2.86 bits per heavy atom. The van der Waals surface area contributed by atoms with Gasteiger partial charge in [0.2, 0.25) is 5.91 Å². The zero-order chi connectivity index (χ0) is 14.5. The quantitative estimate of drug-likeness (QED) is 0.828. The number of amides is 1. The van der Waals surface area contributed by atoms with Gasteiger partial charge in [0.1, 0.15) is 0 Å². The van der Waals surface area contributed by atoms with Crippen molar-refractivity contribution in [3.05, 3.63) is 34.3 Å². The molecule has 118 valence electrons. The van der Waals surface area contributed by atoms with Crippen molar-refractivity contribution in [3.8, 4) is 0 Å². The van der Waals surface area contributed by atoms with Crippen LogP contribution < -0.4 is 11.1 Å². The summed E-state index contributed by atoms with van der Waals surface area (Å²) in [4.78, 5) is 12.0. The second-order valence-electron chi connectivity index (χ2n) is 5.86. The molecule has 0 heterocycles. The second-order valence-corrected chi connectivity index (χ2v) is 6.78. The van der Waals surface area contributed by atoms with Crippen molar-refractivity contribution in [3.63, 3.8) is 0 Å². The number of hydrogen-bond donors (Lipinski definition) is 2. The molecule has 0 radical (unpaired) electrons. The third kappa shape index (κ3) is 5.97. The summed E-state index contributed by atoms with van der Waals surface area (Å²) < 4.78 is 1.07. The van der Waals surface area contributed by atoms with Gasteiger partial charge in [-0.25, -0.2) is 0 Å². The molecule has 0 aromatic heterocycles. The smallest absolute Gasteiger partial charge is 0.220 e. The van der Waals surface area contributed by atoms with Crippen LogP contribution in [0.15, 0.2) is 28.7 Å². The molecule has 1 unspecified atom stereocenters. The minimum absolute atomic E-state index is 0. The van der Waals surface area contributed by atoms with E-state index < -0.39 is 0 Å². The second kappa shape index (κ2) is 8.76. The minimum atomic E-state index is 0. The fourth-order valence-corrected chi connectivity index (χ4v) is 3.41. The summed E-state index contributed by atoms with van der Waals surface area (Å²) in [6.45, 7) is 2.05. The number of rotatable bonds is 5. The van der Waals surface area contributed by atoms with Crippen LogP contribution >= 0.6 is 28.3 Å². The normalized spacial score (nSPS) is 22.4. The summed E-state index contributed by atoms with van der Waals surface area (Å²) in [6, 6.07) is 8.56. The highest BCUT2D eigenvalue weighted by Crippen LogP contribution is 2.26. The van der Waals surface area contributed by atoms with E-state index in [4.69, 9.17) is 5.73 Å². The van der Waals surface area contributed by atoms with Crippen LogP contribution in [0.4, 0.5) is 0 Å². The van der Waals surface area contributed by atoms with Crippen LogP contribution in [0.1, 0.15) is 38.2 Å². The molecule has 1 saturated carbocycles. The van der Waals surface area contributed by atoms with Crippen LogP contribution in [-0.4, -0.2) is 18.0 Å². The summed E-state index contributed by atoms with van der Waals surface area (Å²) in [6.07, 6.45) is 4.73. The van der Waals surface area contributed by atoms with E-state index in [0.717, 1.165) is 30.2 Å². The maximum Gasteiger partial charge on any atom is 0.220 e. The van der Waals surface area contributed by atoms with Crippen LogP contribution in [0.2, 0.25) is 0 Å². The summed E-state index contributed by atoms with van der Waals surface area (Å²) in [5, 5.41) is 3.09. The van der Waals surface area contributed by atoms with Crippen LogP contribution in [-0.2, 0) is 11.2 Å². The van der Waals surface area contributed by atoms with Crippen LogP contribution in [0.5, 0.6) is 0 Å². The van der Waals surface area contributed by atoms with Crippen LogP contribution in [0.25, 0.3) is 0 Å². The fraction of sp³-hybridized carbons (Fsp3) is 0.562. The fourth-order valence-electron chi connectivity index (χ4n) is 2.96. The highest BCUT2D eigenvalue weighted by molar-refractivity contribution is 9.10. The summed E-state index contributed by atoms with van der Waals surface area (Å²) in [5.41, 5.74) is 7.24. The van der Waals surface area contributed by atoms with Crippen molar-refractivity contribution in [1.29, 1.82) is 0 Å². The molecule has 1 aromatic rings. The van der Waals surface area contributed by atoms with Crippen molar-refractivity contribution >= 4 is 34.2 Å². The summed E-state index contributed by atoms with van der Waals surface area (Å²) >= 11 is 3.47. The molecule has 1 amide bonds. The molecule has 1 aromatic carbocycles. The van der Waals surface area contributed by atoms with Gasteiger partial charge in [-0.1, -0.05) is 34.5 Å². The molecule has 1 fully saturated rings. The Balaban J connectivity index is 0.00000220. The topological polar surface area (TPSA) is 55.1 Å². The minimum Gasteiger partial charge on any atom is -0.353 e. The third-order valence-corrected chi connectivity index (χ3v) is 4.50. The van der Waals surface area contributed by atoms with Crippen molar-refractivity contribution in [1.82, 2.24) is 5.32 Å². The lowest BCUT2D eigenvalue weighted by Crippen LogP contribution is -2.37. The molecule has 1 aliphatic carbocycles. The van der Waals surface area contributed by atoms with Gasteiger partial charge in [-0.05, 0) is 49.8 Å². The van der Waals surface area contributed by atoms with Gasteiger partial charge in [0.05, 0.1) is 0 Å². The lowest BCUT2D eigenvalue weighted by atomic mass is 9.99. The van der Waals surface area contributed by atoms with Crippen molar-refractivity contribution < 1.29 is 4.79 Å². The first-order chi connectivity index (χ1) is 9.54. The number of hydrogen-bond acceptors (Lipinski definition) is 2. The van der Waals surface area contributed by atoms with E-state index in [9.17, 15) is 4.79 Å². The SMILES string of the molecule is CC(Cc1cccc(Br)c1)NC(=O)C[C@@H]1CCC[C@H]1N.Cl. The monoisotopic (exact) mass is 374 g/mol. The van der Waals surface area contributed by atoms with Crippen molar-refractivity contribution in [2.45, 2.75) is 51.1 Å². The largest absolute Gasteiger partial charge is 0.353 e. The molecule has 5 heteroatoms. The lowest BCUT2D eigenvalue weighted by Gasteiger charge is -2.18. The Morgan fingerprint density at radius 2 is 2.24 bits per heavy atom. The molecule has 3 N–H and O–H groups in total. The van der Waals surface area contributed by atoms with E-state index in [2.05, 4.69) is 33.4 Å². The highest BCUT2D eigenvalue weighted by atomic mass is 79.9. The first-order valence-corrected chi connectivity index (χ1v) is 8.13. The number of nitrogens with one attached hydrogen (secondary N) is 1. The molecular formula is C16H24BrClN2O. The van der Waals surface area contributed by atoms with E-state index in [1.54, 1.807) is 0 Å². The number of nitrogens with two attached hydrogens (primary N) is 1. The number of halogens is 2. The first-order valence-electron chi connectivity index (χ1n) is 7.34. The molecule has 3 nitrogen and oxygen atoms in total. The Kier molecular flexibility index (Phi) is 7.71. The maximum atomic E-state index is 12.0. The predicted octanol–water partition coefficient (Wildman–Crippen LogP) is 3.44. The molecule has 2 rings (SSSR count). The summed E-state index contributed by atoms with van der Waals surface area (Å²) in [7, 11) is 0. The molecule has 0 spiro atoms. The lowest BCUT2D eigenvalue weighted by molar-refractivity contribution is -0.122. The number of carbonyl (C=O) groups is 1. The average Bonchev–Trinajstić information content (AvgIpc) is 2.74. The van der Waals surface area contributed by atoms with Gasteiger partial charge in [0.25, 0.3) is 0 Å². The molecule has 0 saturated heterocycles. The summed E-state index contributed by atoms with van der Waals surface area (Å²) in [5.74, 6) is 0.503. The zero-order valence-electron chi connectivity index (χ0n) is 12.3. The highest BCUT2D eigenvalue weighted by Gasteiger charge is 2.26. The molecule has 1 aliphatic rings. The van der Waals surface area contributed by atoms with E-state index >= 15 is 0 Å². The third-order valence-electron chi connectivity index (χ3n) is 4.00. The Morgan fingerprint density at radius 1 is 1.48 bits per heavy atom. The maximum absolute atomic E-state index is 12.0. The van der Waals surface area contributed by atoms with Gasteiger partial charge in [0, 0.05) is 23.0 Å². The van der Waals surface area contributed by atoms with E-state index in [1.807, 2.05) is 19.1 Å². The van der Waals surface area contributed by atoms with Gasteiger partial charge in [-0.3, -0.25) is 4.79 Å². The standard InChI is InChI=1S/C16H23BrN2O.ClH/c1-11(8-12-4-2-6-14(17)9-12)19-16(20)10-13-5-3-7-15(13)18;/h2,4,6,9,11,13,15H,3,5,7-8,10,18H2,1H3,(H,19,20);1H/t11?,13-,15+;/m0./s1. The van der Waals surface area contributed by atoms with Crippen molar-refractivity contribution in [2.75, 3.05) is 0 Å². The van der Waals surface area contributed by atoms with Gasteiger partial charge in [0.15, 0.2) is 0 Å². The average molecular weight is 376 g/mol. The molecular weight excluding hydrogens is 352 g/mol. The van der Waals surface area contributed by atoms with Gasteiger partial charge < -0.3 is 11.1 Å². The van der Waals surface area contributed by atoms with Gasteiger partial charge in [-0.2, -0.15) is 0 Å². The van der Waals surface area contributed by atoms with Crippen LogP contribution in [0, 0.1) is 5.92 Å². The van der Waals surface area contributed by atoms with E-state index in [-0.39, 0.29) is 30.4 Å². The van der Waals surface area contributed by atoms with Gasteiger partial charge >= 0.3 is 0 Å². The Labute approximate surface area is 141 Å². The molecule has 0 aliphatic heterocycles. The number of benzene rings is 1. The molecule has 3 atom stereocenters. The predicted molar refractivity (Wildman–Crippen MR) is 92.6 cm³/mol. The Bertz CT molecular complexity index is 469.